The predicted octanol–water partition coefficient (Wildman–Crippen LogP) is 3.97. The predicted molar refractivity (Wildman–Crippen MR) is 94.1 cm³/mol. The molecule has 0 saturated carbocycles. The Morgan fingerprint density at radius 3 is 2.52 bits per heavy atom. The molecule has 0 aliphatic rings. The molecule has 118 valence electrons. The standard InChI is InChI=1S/C20H21NO2/c1-2-3-15-23-19-12-9-17(10-13-19)11-14-20(22)21-16-18-7-5-4-6-8-18/h2,4-14H,1,3,15-16H2,(H,21,22)/b14-11+. The van der Waals surface area contributed by atoms with E-state index in [1.807, 2.05) is 60.7 Å². The highest BCUT2D eigenvalue weighted by Gasteiger charge is 1.97. The third-order valence-corrected chi connectivity index (χ3v) is 3.21. The maximum absolute atomic E-state index is 11.8. The van der Waals surface area contributed by atoms with Gasteiger partial charge in [0.2, 0.25) is 5.91 Å². The molecule has 0 heterocycles. The van der Waals surface area contributed by atoms with Crippen LogP contribution in [0.25, 0.3) is 6.08 Å². The molecule has 3 heteroatoms. The fraction of sp³-hybridized carbons (Fsp3) is 0.150. The quantitative estimate of drug-likeness (QED) is 0.455. The van der Waals surface area contributed by atoms with Gasteiger partial charge in [0.25, 0.3) is 0 Å². The van der Waals surface area contributed by atoms with E-state index in [1.165, 1.54) is 6.08 Å². The van der Waals surface area contributed by atoms with Crippen molar-refractivity contribution in [1.82, 2.24) is 5.32 Å². The minimum atomic E-state index is -0.111. The monoisotopic (exact) mass is 307 g/mol. The molecule has 0 radical (unpaired) electrons. The number of benzene rings is 2. The normalized spacial score (nSPS) is 10.4. The van der Waals surface area contributed by atoms with Crippen molar-refractivity contribution in [1.29, 1.82) is 0 Å². The van der Waals surface area contributed by atoms with Crippen LogP contribution in [0.5, 0.6) is 5.75 Å². The summed E-state index contributed by atoms with van der Waals surface area (Å²) >= 11 is 0. The highest BCUT2D eigenvalue weighted by molar-refractivity contribution is 5.91. The minimum Gasteiger partial charge on any atom is -0.493 e. The molecule has 3 nitrogen and oxygen atoms in total. The summed E-state index contributed by atoms with van der Waals surface area (Å²) in [5, 5.41) is 2.86. The van der Waals surface area contributed by atoms with Gasteiger partial charge in [0.1, 0.15) is 5.75 Å². The fourth-order valence-electron chi connectivity index (χ4n) is 1.95. The Labute approximate surface area is 137 Å². The number of hydrogen-bond donors (Lipinski definition) is 1. The van der Waals surface area contributed by atoms with Crippen LogP contribution in [0.1, 0.15) is 17.5 Å². The van der Waals surface area contributed by atoms with E-state index >= 15 is 0 Å². The molecule has 0 saturated heterocycles. The molecule has 2 aromatic rings. The lowest BCUT2D eigenvalue weighted by molar-refractivity contribution is -0.116. The summed E-state index contributed by atoms with van der Waals surface area (Å²) in [6, 6.07) is 17.5. The van der Waals surface area contributed by atoms with Crippen LogP contribution >= 0.6 is 0 Å². The van der Waals surface area contributed by atoms with Crippen LogP contribution in [0, 0.1) is 0 Å². The van der Waals surface area contributed by atoms with E-state index in [0.717, 1.165) is 23.3 Å². The summed E-state index contributed by atoms with van der Waals surface area (Å²) in [5.74, 6) is 0.706. The Morgan fingerprint density at radius 1 is 1.09 bits per heavy atom. The van der Waals surface area contributed by atoms with E-state index < -0.39 is 0 Å². The third-order valence-electron chi connectivity index (χ3n) is 3.21. The van der Waals surface area contributed by atoms with Gasteiger partial charge in [0.15, 0.2) is 0 Å². The number of carbonyl (C=O) groups is 1. The molecular weight excluding hydrogens is 286 g/mol. The molecular formula is C20H21NO2. The topological polar surface area (TPSA) is 38.3 Å². The number of rotatable bonds is 8. The van der Waals surface area contributed by atoms with Crippen LogP contribution < -0.4 is 10.1 Å². The number of hydrogen-bond acceptors (Lipinski definition) is 2. The molecule has 0 aliphatic carbocycles. The number of nitrogens with one attached hydrogen (secondary N) is 1. The van der Waals surface area contributed by atoms with Gasteiger partial charge in [-0.2, -0.15) is 0 Å². The lowest BCUT2D eigenvalue weighted by atomic mass is 10.2. The second-order valence-corrected chi connectivity index (χ2v) is 5.03. The molecule has 0 bridgehead atoms. The first-order chi connectivity index (χ1) is 11.3. The molecule has 0 spiro atoms. The molecule has 2 aromatic carbocycles. The van der Waals surface area contributed by atoms with Gasteiger partial charge in [0.05, 0.1) is 6.61 Å². The van der Waals surface area contributed by atoms with Crippen LogP contribution in [-0.4, -0.2) is 12.5 Å². The Kier molecular flexibility index (Phi) is 6.66. The Hall–Kier alpha value is -2.81. The van der Waals surface area contributed by atoms with Crippen molar-refractivity contribution < 1.29 is 9.53 Å². The zero-order valence-electron chi connectivity index (χ0n) is 13.1. The maximum atomic E-state index is 11.8. The highest BCUT2D eigenvalue weighted by atomic mass is 16.5. The van der Waals surface area contributed by atoms with Crippen molar-refractivity contribution >= 4 is 12.0 Å². The zero-order chi connectivity index (χ0) is 16.3. The van der Waals surface area contributed by atoms with Crippen LogP contribution in [0.4, 0.5) is 0 Å². The lowest BCUT2D eigenvalue weighted by Gasteiger charge is -2.04. The lowest BCUT2D eigenvalue weighted by Crippen LogP contribution is -2.20. The minimum absolute atomic E-state index is 0.111. The van der Waals surface area contributed by atoms with E-state index in [2.05, 4.69) is 11.9 Å². The van der Waals surface area contributed by atoms with Crippen molar-refractivity contribution in [3.8, 4) is 5.75 Å². The SMILES string of the molecule is C=CCCOc1ccc(/C=C/C(=O)NCc2ccccc2)cc1. The van der Waals surface area contributed by atoms with E-state index in [0.29, 0.717) is 13.2 Å². The van der Waals surface area contributed by atoms with Gasteiger partial charge in [-0.25, -0.2) is 0 Å². The Morgan fingerprint density at radius 2 is 1.83 bits per heavy atom. The summed E-state index contributed by atoms with van der Waals surface area (Å²) in [6.45, 7) is 4.81. The largest absolute Gasteiger partial charge is 0.493 e. The Balaban J connectivity index is 1.79. The molecule has 0 unspecified atom stereocenters. The van der Waals surface area contributed by atoms with Gasteiger partial charge in [-0.15, -0.1) is 6.58 Å². The molecule has 2 rings (SSSR count). The Bertz CT molecular complexity index is 645. The van der Waals surface area contributed by atoms with Gasteiger partial charge >= 0.3 is 0 Å². The van der Waals surface area contributed by atoms with Crippen molar-refractivity contribution in [2.45, 2.75) is 13.0 Å². The zero-order valence-corrected chi connectivity index (χ0v) is 13.1. The third kappa shape index (κ3) is 6.22. The van der Waals surface area contributed by atoms with Crippen molar-refractivity contribution in [3.63, 3.8) is 0 Å². The summed E-state index contributed by atoms with van der Waals surface area (Å²) in [4.78, 5) is 11.8. The van der Waals surface area contributed by atoms with Gasteiger partial charge < -0.3 is 10.1 Å². The molecule has 0 atom stereocenters. The number of carbonyl (C=O) groups excluding carboxylic acids is 1. The van der Waals surface area contributed by atoms with Crippen LogP contribution in [-0.2, 0) is 11.3 Å². The average molecular weight is 307 g/mol. The first-order valence-electron chi connectivity index (χ1n) is 7.61. The van der Waals surface area contributed by atoms with E-state index in [9.17, 15) is 4.79 Å². The van der Waals surface area contributed by atoms with Gasteiger partial charge in [0, 0.05) is 12.6 Å². The average Bonchev–Trinajstić information content (AvgIpc) is 2.60. The molecule has 1 amide bonds. The number of ether oxygens (including phenoxy) is 1. The molecule has 23 heavy (non-hydrogen) atoms. The molecule has 0 fully saturated rings. The maximum Gasteiger partial charge on any atom is 0.244 e. The second kappa shape index (κ2) is 9.26. The van der Waals surface area contributed by atoms with Crippen LogP contribution in [0.15, 0.2) is 73.3 Å². The highest BCUT2D eigenvalue weighted by Crippen LogP contribution is 2.13. The van der Waals surface area contributed by atoms with E-state index in [-0.39, 0.29) is 5.91 Å². The number of amides is 1. The van der Waals surface area contributed by atoms with Gasteiger partial charge in [-0.1, -0.05) is 48.5 Å². The van der Waals surface area contributed by atoms with Crippen molar-refractivity contribution in [2.75, 3.05) is 6.61 Å². The second-order valence-electron chi connectivity index (χ2n) is 5.03. The van der Waals surface area contributed by atoms with Crippen molar-refractivity contribution in [2.24, 2.45) is 0 Å². The van der Waals surface area contributed by atoms with E-state index in [4.69, 9.17) is 4.74 Å². The van der Waals surface area contributed by atoms with Gasteiger partial charge in [-0.05, 0) is 35.8 Å². The summed E-state index contributed by atoms with van der Waals surface area (Å²) in [6.07, 6.45) is 5.97. The summed E-state index contributed by atoms with van der Waals surface area (Å²) in [7, 11) is 0. The first kappa shape index (κ1) is 16.6. The van der Waals surface area contributed by atoms with E-state index in [1.54, 1.807) is 6.08 Å². The fourth-order valence-corrected chi connectivity index (χ4v) is 1.95. The summed E-state index contributed by atoms with van der Waals surface area (Å²) < 4.78 is 5.54. The summed E-state index contributed by atoms with van der Waals surface area (Å²) in [5.41, 5.74) is 2.03. The molecule has 0 aliphatic heterocycles. The molecule has 0 aromatic heterocycles. The molecule has 1 N–H and O–H groups in total. The first-order valence-corrected chi connectivity index (χ1v) is 7.61. The smallest absolute Gasteiger partial charge is 0.244 e. The van der Waals surface area contributed by atoms with Crippen LogP contribution in [0.2, 0.25) is 0 Å². The van der Waals surface area contributed by atoms with Gasteiger partial charge in [-0.3, -0.25) is 4.79 Å². The van der Waals surface area contributed by atoms with Crippen molar-refractivity contribution in [3.05, 3.63) is 84.5 Å². The van der Waals surface area contributed by atoms with Crippen LogP contribution in [0.3, 0.4) is 0 Å².